The Labute approximate surface area is 93.4 Å². The Morgan fingerprint density at radius 1 is 1.60 bits per heavy atom. The summed E-state index contributed by atoms with van der Waals surface area (Å²) in [5.41, 5.74) is 8.50. The lowest BCUT2D eigenvalue weighted by Gasteiger charge is -2.10. The highest BCUT2D eigenvalue weighted by Crippen LogP contribution is 2.26. The number of hydrazine groups is 1. The van der Waals surface area contributed by atoms with Crippen LogP contribution in [0.25, 0.3) is 0 Å². The van der Waals surface area contributed by atoms with E-state index >= 15 is 0 Å². The number of nitrogen functional groups attached to an aromatic ring is 1. The monoisotopic (exact) mass is 225 g/mol. The van der Waals surface area contributed by atoms with E-state index in [4.69, 9.17) is 11.6 Å². The molecule has 0 aliphatic heterocycles. The summed E-state index contributed by atoms with van der Waals surface area (Å²) in [7, 11) is 0. The molecule has 4 nitrogen and oxygen atoms in total. The lowest BCUT2D eigenvalue weighted by Crippen LogP contribution is -2.31. The van der Waals surface area contributed by atoms with E-state index in [0.717, 1.165) is 10.6 Å². The van der Waals surface area contributed by atoms with Crippen molar-refractivity contribution >= 4 is 23.4 Å². The number of benzene rings is 1. The van der Waals surface area contributed by atoms with Crippen molar-refractivity contribution in [2.45, 2.75) is 23.5 Å². The fourth-order valence-corrected chi connectivity index (χ4v) is 2.24. The van der Waals surface area contributed by atoms with Crippen LogP contribution in [0.1, 0.15) is 13.3 Å². The van der Waals surface area contributed by atoms with Crippen LogP contribution in [-0.4, -0.2) is 11.2 Å². The Morgan fingerprint density at radius 2 is 2.33 bits per heavy atom. The van der Waals surface area contributed by atoms with Gasteiger partial charge in [0.1, 0.15) is 0 Å². The van der Waals surface area contributed by atoms with Crippen LogP contribution in [0.3, 0.4) is 0 Å². The first-order chi connectivity index (χ1) is 7.11. The summed E-state index contributed by atoms with van der Waals surface area (Å²) < 4.78 is 0. The Bertz CT molecular complexity index is 343. The minimum atomic E-state index is -0.154. The fourth-order valence-electron chi connectivity index (χ4n) is 1.18. The SMILES string of the molecule is CC(CC(=O)NN)Sc1cccc(N)c1. The van der Waals surface area contributed by atoms with E-state index in [1.165, 1.54) is 0 Å². The summed E-state index contributed by atoms with van der Waals surface area (Å²) in [6.07, 6.45) is 0.399. The Hall–Kier alpha value is -1.20. The average molecular weight is 225 g/mol. The van der Waals surface area contributed by atoms with Crippen molar-refractivity contribution in [2.75, 3.05) is 5.73 Å². The van der Waals surface area contributed by atoms with Gasteiger partial charge in [0.2, 0.25) is 5.91 Å². The maximum atomic E-state index is 11.0. The molecule has 0 fully saturated rings. The number of rotatable bonds is 4. The van der Waals surface area contributed by atoms with Gasteiger partial charge in [-0.2, -0.15) is 0 Å². The third kappa shape index (κ3) is 4.22. The van der Waals surface area contributed by atoms with Crippen molar-refractivity contribution in [3.63, 3.8) is 0 Å². The van der Waals surface area contributed by atoms with E-state index in [9.17, 15) is 4.79 Å². The van der Waals surface area contributed by atoms with Crippen LogP contribution in [0.2, 0.25) is 0 Å². The molecule has 5 heteroatoms. The highest BCUT2D eigenvalue weighted by atomic mass is 32.2. The average Bonchev–Trinajstić information content (AvgIpc) is 2.17. The van der Waals surface area contributed by atoms with Gasteiger partial charge >= 0.3 is 0 Å². The second kappa shape index (κ2) is 5.63. The lowest BCUT2D eigenvalue weighted by molar-refractivity contribution is -0.121. The molecular formula is C10H15N3OS. The molecular weight excluding hydrogens is 210 g/mol. The number of thioether (sulfide) groups is 1. The molecule has 1 aromatic carbocycles. The molecule has 15 heavy (non-hydrogen) atoms. The van der Waals surface area contributed by atoms with E-state index in [1.54, 1.807) is 11.8 Å². The first-order valence-electron chi connectivity index (χ1n) is 4.63. The van der Waals surface area contributed by atoms with Gasteiger partial charge in [-0.1, -0.05) is 13.0 Å². The van der Waals surface area contributed by atoms with Gasteiger partial charge in [0.05, 0.1) is 0 Å². The smallest absolute Gasteiger partial charge is 0.234 e. The van der Waals surface area contributed by atoms with Crippen LogP contribution in [0.15, 0.2) is 29.2 Å². The van der Waals surface area contributed by atoms with Gasteiger partial charge in [-0.15, -0.1) is 11.8 Å². The predicted octanol–water partition coefficient (Wildman–Crippen LogP) is 1.13. The van der Waals surface area contributed by atoms with E-state index in [2.05, 4.69) is 5.43 Å². The van der Waals surface area contributed by atoms with Crippen LogP contribution in [0, 0.1) is 0 Å². The zero-order valence-electron chi connectivity index (χ0n) is 8.57. The number of carbonyl (C=O) groups excluding carboxylic acids is 1. The van der Waals surface area contributed by atoms with E-state index < -0.39 is 0 Å². The van der Waals surface area contributed by atoms with Gasteiger partial charge in [0.15, 0.2) is 0 Å². The van der Waals surface area contributed by atoms with Crippen molar-refractivity contribution in [3.8, 4) is 0 Å². The highest BCUT2D eigenvalue weighted by molar-refractivity contribution is 8.00. The highest BCUT2D eigenvalue weighted by Gasteiger charge is 2.09. The lowest BCUT2D eigenvalue weighted by atomic mass is 10.3. The zero-order valence-corrected chi connectivity index (χ0v) is 9.38. The van der Waals surface area contributed by atoms with Crippen molar-refractivity contribution in [1.82, 2.24) is 5.43 Å². The molecule has 1 rings (SSSR count). The minimum Gasteiger partial charge on any atom is -0.399 e. The summed E-state index contributed by atoms with van der Waals surface area (Å²) in [5.74, 6) is 4.86. The van der Waals surface area contributed by atoms with Gasteiger partial charge in [-0.25, -0.2) is 5.84 Å². The van der Waals surface area contributed by atoms with Crippen LogP contribution in [0.4, 0.5) is 5.69 Å². The Balaban J connectivity index is 2.51. The summed E-state index contributed by atoms with van der Waals surface area (Å²) in [5, 5.41) is 0.176. The molecule has 0 saturated heterocycles. The molecule has 5 N–H and O–H groups in total. The summed E-state index contributed by atoms with van der Waals surface area (Å²) in [6, 6.07) is 7.59. The molecule has 82 valence electrons. The van der Waals surface area contributed by atoms with E-state index in [0.29, 0.717) is 6.42 Å². The third-order valence-electron chi connectivity index (χ3n) is 1.83. The molecule has 0 spiro atoms. The maximum absolute atomic E-state index is 11.0. The number of anilines is 1. The van der Waals surface area contributed by atoms with E-state index in [1.807, 2.05) is 31.2 Å². The Morgan fingerprint density at radius 3 is 2.93 bits per heavy atom. The number of nitrogens with two attached hydrogens (primary N) is 2. The zero-order chi connectivity index (χ0) is 11.3. The molecule has 0 aliphatic rings. The van der Waals surface area contributed by atoms with Crippen molar-refractivity contribution in [1.29, 1.82) is 0 Å². The summed E-state index contributed by atoms with van der Waals surface area (Å²) in [6.45, 7) is 1.98. The molecule has 0 aliphatic carbocycles. The third-order valence-corrected chi connectivity index (χ3v) is 2.92. The molecule has 0 bridgehead atoms. The molecule has 1 aromatic rings. The first-order valence-corrected chi connectivity index (χ1v) is 5.51. The largest absolute Gasteiger partial charge is 0.399 e. The fraction of sp³-hybridized carbons (Fsp3) is 0.300. The van der Waals surface area contributed by atoms with Crippen molar-refractivity contribution in [2.24, 2.45) is 5.84 Å². The number of hydrogen-bond acceptors (Lipinski definition) is 4. The van der Waals surface area contributed by atoms with Crippen LogP contribution in [-0.2, 0) is 4.79 Å². The topological polar surface area (TPSA) is 81.1 Å². The van der Waals surface area contributed by atoms with Crippen LogP contribution in [0.5, 0.6) is 0 Å². The number of carbonyl (C=O) groups is 1. The van der Waals surface area contributed by atoms with E-state index in [-0.39, 0.29) is 11.2 Å². The number of hydrogen-bond donors (Lipinski definition) is 3. The standard InChI is InChI=1S/C10H15N3OS/c1-7(5-10(14)13-12)15-9-4-2-3-8(11)6-9/h2-4,6-7H,5,11-12H2,1H3,(H,13,14). The quantitative estimate of drug-likeness (QED) is 0.236. The molecule has 1 amide bonds. The second-order valence-corrected chi connectivity index (χ2v) is 4.78. The first kappa shape index (κ1) is 11.9. The van der Waals surface area contributed by atoms with Gasteiger partial charge in [-0.3, -0.25) is 10.2 Å². The second-order valence-electron chi connectivity index (χ2n) is 3.27. The van der Waals surface area contributed by atoms with Crippen LogP contribution < -0.4 is 17.0 Å². The van der Waals surface area contributed by atoms with Crippen molar-refractivity contribution < 1.29 is 4.79 Å². The van der Waals surface area contributed by atoms with Gasteiger partial charge in [0.25, 0.3) is 0 Å². The number of nitrogens with one attached hydrogen (secondary N) is 1. The van der Waals surface area contributed by atoms with Gasteiger partial charge in [-0.05, 0) is 18.2 Å². The Kier molecular flexibility index (Phi) is 4.45. The normalized spacial score (nSPS) is 12.1. The molecule has 1 unspecified atom stereocenters. The van der Waals surface area contributed by atoms with Crippen LogP contribution >= 0.6 is 11.8 Å². The summed E-state index contributed by atoms with van der Waals surface area (Å²) in [4.78, 5) is 12.1. The number of amides is 1. The molecule has 0 heterocycles. The molecule has 1 atom stereocenters. The summed E-state index contributed by atoms with van der Waals surface area (Å²) >= 11 is 1.61. The van der Waals surface area contributed by atoms with Gasteiger partial charge in [0, 0.05) is 22.3 Å². The maximum Gasteiger partial charge on any atom is 0.234 e. The molecule has 0 saturated carbocycles. The van der Waals surface area contributed by atoms with Crippen molar-refractivity contribution in [3.05, 3.63) is 24.3 Å². The molecule has 0 radical (unpaired) electrons. The molecule has 0 aromatic heterocycles. The predicted molar refractivity (Wildman–Crippen MR) is 63.1 cm³/mol. The van der Waals surface area contributed by atoms with Gasteiger partial charge < -0.3 is 5.73 Å². The minimum absolute atomic E-state index is 0.154.